The highest BCUT2D eigenvalue weighted by Gasteiger charge is 2.36. The first-order chi connectivity index (χ1) is 11.4. The number of benzene rings is 1. The average molecular weight is 358 g/mol. The van der Waals surface area contributed by atoms with Gasteiger partial charge in [-0.25, -0.2) is 12.8 Å². The van der Waals surface area contributed by atoms with Gasteiger partial charge in [0.1, 0.15) is 18.2 Å². The Hall–Kier alpha value is -1.22. The maximum atomic E-state index is 12.9. The van der Waals surface area contributed by atoms with Crippen LogP contribution in [0.5, 0.6) is 5.75 Å². The van der Waals surface area contributed by atoms with Gasteiger partial charge in [-0.15, -0.1) is 0 Å². The molecule has 0 radical (unpaired) electrons. The Morgan fingerprint density at radius 2 is 1.96 bits per heavy atom. The van der Waals surface area contributed by atoms with Gasteiger partial charge in [0.25, 0.3) is 0 Å². The summed E-state index contributed by atoms with van der Waals surface area (Å²) in [6.45, 7) is 2.99. The first-order valence-electron chi connectivity index (χ1n) is 8.08. The lowest BCUT2D eigenvalue weighted by Gasteiger charge is -2.29. The van der Waals surface area contributed by atoms with Crippen molar-refractivity contribution in [3.05, 3.63) is 30.1 Å². The summed E-state index contributed by atoms with van der Waals surface area (Å²) in [5, 5.41) is 0. The third-order valence-corrected chi connectivity index (χ3v) is 6.29. The van der Waals surface area contributed by atoms with E-state index in [0.29, 0.717) is 32.1 Å². The average Bonchev–Trinajstić information content (AvgIpc) is 2.78. The molecule has 2 aliphatic heterocycles. The summed E-state index contributed by atoms with van der Waals surface area (Å²) in [4.78, 5) is 2.18. The zero-order valence-corrected chi connectivity index (χ0v) is 14.5. The molecule has 0 aromatic heterocycles. The summed E-state index contributed by atoms with van der Waals surface area (Å²) in [5.74, 6) is 0.217. The van der Waals surface area contributed by atoms with Gasteiger partial charge in [-0.3, -0.25) is 4.90 Å². The fourth-order valence-electron chi connectivity index (χ4n) is 3.16. The van der Waals surface area contributed by atoms with E-state index in [1.807, 2.05) is 7.05 Å². The molecule has 0 aliphatic carbocycles. The van der Waals surface area contributed by atoms with Crippen molar-refractivity contribution in [2.24, 2.45) is 5.92 Å². The SMILES string of the molecule is CN1C[C@H]2COC[C@@H]1CN(S(=O)(=O)CCOc1ccc(F)cc1)C2. The summed E-state index contributed by atoms with van der Waals surface area (Å²) in [6.07, 6.45) is 0. The molecule has 3 rings (SSSR count). The molecular weight excluding hydrogens is 335 g/mol. The van der Waals surface area contributed by atoms with E-state index in [1.165, 1.54) is 24.3 Å². The lowest BCUT2D eigenvalue weighted by Crippen LogP contribution is -2.45. The minimum atomic E-state index is -3.40. The minimum absolute atomic E-state index is 0.0478. The zero-order valence-electron chi connectivity index (χ0n) is 13.7. The van der Waals surface area contributed by atoms with Gasteiger partial charge in [-0.05, 0) is 31.3 Å². The van der Waals surface area contributed by atoms with Crippen LogP contribution >= 0.6 is 0 Å². The van der Waals surface area contributed by atoms with Crippen LogP contribution in [0, 0.1) is 11.7 Å². The predicted molar refractivity (Wildman–Crippen MR) is 88.0 cm³/mol. The molecule has 2 atom stereocenters. The molecule has 0 amide bonds. The van der Waals surface area contributed by atoms with Gasteiger partial charge in [0.2, 0.25) is 10.0 Å². The Kier molecular flexibility index (Phi) is 5.39. The number of hydrogen-bond acceptors (Lipinski definition) is 5. The second-order valence-electron chi connectivity index (χ2n) is 6.43. The Bertz CT molecular complexity index is 653. The summed E-state index contributed by atoms with van der Waals surface area (Å²) >= 11 is 0. The maximum absolute atomic E-state index is 12.9. The first-order valence-corrected chi connectivity index (χ1v) is 9.69. The quantitative estimate of drug-likeness (QED) is 0.779. The topological polar surface area (TPSA) is 59.1 Å². The molecule has 6 nitrogen and oxygen atoms in total. The summed E-state index contributed by atoms with van der Waals surface area (Å²) in [6, 6.07) is 5.64. The Morgan fingerprint density at radius 1 is 1.21 bits per heavy atom. The third kappa shape index (κ3) is 4.24. The molecule has 2 saturated heterocycles. The van der Waals surface area contributed by atoms with Crippen molar-refractivity contribution in [1.29, 1.82) is 0 Å². The standard InChI is InChI=1S/C16H23FN2O4S/c1-18-8-13-9-19(10-15(18)12-22-11-13)24(20,21)7-6-23-16-4-2-14(17)3-5-16/h2-5,13,15H,6-12H2,1H3/t13-,15+/m1/s1. The number of hydrogen-bond donors (Lipinski definition) is 0. The van der Waals surface area contributed by atoms with Crippen LogP contribution in [0.15, 0.2) is 24.3 Å². The van der Waals surface area contributed by atoms with E-state index < -0.39 is 10.0 Å². The number of nitrogens with zero attached hydrogens (tertiary/aromatic N) is 2. The first kappa shape index (κ1) is 17.6. The van der Waals surface area contributed by atoms with Crippen LogP contribution < -0.4 is 4.74 Å². The van der Waals surface area contributed by atoms with Gasteiger partial charge in [-0.2, -0.15) is 4.31 Å². The normalized spacial score (nSPS) is 26.1. The van der Waals surface area contributed by atoms with Crippen molar-refractivity contribution in [3.8, 4) is 5.75 Å². The van der Waals surface area contributed by atoms with E-state index in [2.05, 4.69) is 4.90 Å². The number of sulfonamides is 1. The van der Waals surface area contributed by atoms with Crippen molar-refractivity contribution in [3.63, 3.8) is 0 Å². The lowest BCUT2D eigenvalue weighted by atomic mass is 10.1. The van der Waals surface area contributed by atoms with Crippen molar-refractivity contribution in [2.75, 3.05) is 52.3 Å². The highest BCUT2D eigenvalue weighted by atomic mass is 32.2. The molecule has 24 heavy (non-hydrogen) atoms. The molecule has 2 fully saturated rings. The van der Waals surface area contributed by atoms with E-state index >= 15 is 0 Å². The summed E-state index contributed by atoms with van der Waals surface area (Å²) < 4.78 is 50.8. The van der Waals surface area contributed by atoms with Gasteiger partial charge in [0.05, 0.1) is 19.0 Å². The molecule has 2 bridgehead atoms. The smallest absolute Gasteiger partial charge is 0.217 e. The molecule has 0 N–H and O–H groups in total. The van der Waals surface area contributed by atoms with Crippen LogP contribution in [0.4, 0.5) is 4.39 Å². The number of rotatable bonds is 5. The fraction of sp³-hybridized carbons (Fsp3) is 0.625. The number of halogens is 1. The van der Waals surface area contributed by atoms with Gasteiger partial charge in [0.15, 0.2) is 0 Å². The lowest BCUT2D eigenvalue weighted by molar-refractivity contribution is 0.0727. The number of fused-ring (bicyclic) bond motifs is 3. The summed E-state index contributed by atoms with van der Waals surface area (Å²) in [7, 11) is -1.38. The van der Waals surface area contributed by atoms with Crippen LogP contribution in [-0.4, -0.2) is 75.9 Å². The van der Waals surface area contributed by atoms with E-state index in [9.17, 15) is 12.8 Å². The zero-order chi connectivity index (χ0) is 17.2. The molecule has 8 heteroatoms. The third-order valence-electron chi connectivity index (χ3n) is 4.53. The second kappa shape index (κ2) is 7.35. The van der Waals surface area contributed by atoms with Crippen LogP contribution in [-0.2, 0) is 14.8 Å². The van der Waals surface area contributed by atoms with E-state index in [4.69, 9.17) is 9.47 Å². The molecule has 0 spiro atoms. The molecule has 1 aromatic rings. The molecule has 2 aliphatic rings. The van der Waals surface area contributed by atoms with Crippen molar-refractivity contribution in [2.45, 2.75) is 6.04 Å². The monoisotopic (exact) mass is 358 g/mol. The Balaban J connectivity index is 1.59. The van der Waals surface area contributed by atoms with Crippen molar-refractivity contribution < 1.29 is 22.3 Å². The van der Waals surface area contributed by atoms with Crippen LogP contribution in [0.2, 0.25) is 0 Å². The highest BCUT2D eigenvalue weighted by Crippen LogP contribution is 2.21. The molecule has 0 saturated carbocycles. The van der Waals surface area contributed by atoms with Crippen LogP contribution in [0.3, 0.4) is 0 Å². The van der Waals surface area contributed by atoms with Gasteiger partial charge < -0.3 is 9.47 Å². The fourth-order valence-corrected chi connectivity index (χ4v) is 4.55. The summed E-state index contributed by atoms with van der Waals surface area (Å²) in [5.41, 5.74) is 0. The Morgan fingerprint density at radius 3 is 2.71 bits per heavy atom. The van der Waals surface area contributed by atoms with Crippen LogP contribution in [0.25, 0.3) is 0 Å². The molecule has 1 aromatic carbocycles. The number of ether oxygens (including phenoxy) is 2. The number of likely N-dealkylation sites (N-methyl/N-ethyl adjacent to an activating group) is 1. The predicted octanol–water partition coefficient (Wildman–Crippen LogP) is 0.797. The largest absolute Gasteiger partial charge is 0.492 e. The molecule has 134 valence electrons. The van der Waals surface area contributed by atoms with E-state index in [0.717, 1.165) is 6.54 Å². The van der Waals surface area contributed by atoms with E-state index in [-0.39, 0.29) is 30.1 Å². The van der Waals surface area contributed by atoms with Gasteiger partial charge in [0, 0.05) is 31.6 Å². The van der Waals surface area contributed by atoms with Gasteiger partial charge in [-0.1, -0.05) is 0 Å². The van der Waals surface area contributed by atoms with Crippen molar-refractivity contribution in [1.82, 2.24) is 9.21 Å². The van der Waals surface area contributed by atoms with E-state index in [1.54, 1.807) is 4.31 Å². The second-order valence-corrected chi connectivity index (χ2v) is 8.52. The molecule has 0 unspecified atom stereocenters. The van der Waals surface area contributed by atoms with Crippen LogP contribution in [0.1, 0.15) is 0 Å². The minimum Gasteiger partial charge on any atom is -0.492 e. The molecular formula is C16H23FN2O4S. The highest BCUT2D eigenvalue weighted by molar-refractivity contribution is 7.89. The van der Waals surface area contributed by atoms with Gasteiger partial charge >= 0.3 is 0 Å². The Labute approximate surface area is 142 Å². The maximum Gasteiger partial charge on any atom is 0.217 e. The van der Waals surface area contributed by atoms with Crippen molar-refractivity contribution >= 4 is 10.0 Å². The molecule has 2 heterocycles.